The van der Waals surface area contributed by atoms with E-state index in [2.05, 4.69) is 15.6 Å². The van der Waals surface area contributed by atoms with Crippen molar-refractivity contribution in [2.45, 2.75) is 18.7 Å². The molecule has 216 valence electrons. The first-order valence-electron chi connectivity index (χ1n) is 12.8. The summed E-state index contributed by atoms with van der Waals surface area (Å²) in [5.41, 5.74) is 2.32. The Bertz CT molecular complexity index is 1890. The third-order valence-corrected chi connectivity index (χ3v) is 8.54. The number of aryl methyl sites for hydroxylation is 1. The van der Waals surface area contributed by atoms with E-state index >= 15 is 0 Å². The van der Waals surface area contributed by atoms with Crippen LogP contribution >= 0.6 is 23.5 Å². The van der Waals surface area contributed by atoms with Crippen molar-refractivity contribution >= 4 is 80.1 Å². The summed E-state index contributed by atoms with van der Waals surface area (Å²) in [7, 11) is 0. The molecule has 0 saturated carbocycles. The van der Waals surface area contributed by atoms with Gasteiger partial charge in [-0.1, -0.05) is 36.4 Å². The van der Waals surface area contributed by atoms with Gasteiger partial charge in [0.25, 0.3) is 17.3 Å². The molecule has 1 saturated heterocycles. The molecule has 1 fully saturated rings. The molecule has 1 heterocycles. The third kappa shape index (κ3) is 6.90. The van der Waals surface area contributed by atoms with E-state index in [1.54, 1.807) is 38.1 Å². The fourth-order valence-electron chi connectivity index (χ4n) is 4.32. The SMILES string of the molecule is Cc1cc(N=C2NC(=O)/C(=C/c3ccc(SCC(=O)Nc4ccc5ccccc5c4)c([N+](=O)[O-])c3)S2)cc([N+](=O)[O-])c1C. The second-order valence-corrected chi connectivity index (χ2v) is 11.6. The lowest BCUT2D eigenvalue weighted by Gasteiger charge is -2.07. The first kappa shape index (κ1) is 29.5. The molecule has 0 radical (unpaired) electrons. The highest BCUT2D eigenvalue weighted by molar-refractivity contribution is 8.18. The fraction of sp³-hybridized carbons (Fsp3) is 0.100. The lowest BCUT2D eigenvalue weighted by molar-refractivity contribution is -0.387. The number of anilines is 1. The minimum atomic E-state index is -0.535. The lowest BCUT2D eigenvalue weighted by atomic mass is 10.1. The number of carbonyl (C=O) groups excluding carboxylic acids is 2. The van der Waals surface area contributed by atoms with E-state index in [9.17, 15) is 29.8 Å². The number of amides is 2. The quantitative estimate of drug-likeness (QED) is 0.0941. The monoisotopic (exact) mass is 613 g/mol. The van der Waals surface area contributed by atoms with E-state index in [-0.39, 0.29) is 33.1 Å². The molecule has 0 unspecified atom stereocenters. The predicted octanol–water partition coefficient (Wildman–Crippen LogP) is 6.90. The maximum Gasteiger partial charge on any atom is 0.283 e. The van der Waals surface area contributed by atoms with Gasteiger partial charge in [0.05, 0.1) is 31.1 Å². The van der Waals surface area contributed by atoms with Gasteiger partial charge in [0.2, 0.25) is 5.91 Å². The number of aliphatic imine (C=N–C) groups is 1. The van der Waals surface area contributed by atoms with Crippen LogP contribution < -0.4 is 10.6 Å². The van der Waals surface area contributed by atoms with Crippen molar-refractivity contribution in [3.8, 4) is 0 Å². The number of nitrogens with one attached hydrogen (secondary N) is 2. The minimum absolute atomic E-state index is 0.0389. The zero-order valence-electron chi connectivity index (χ0n) is 22.8. The van der Waals surface area contributed by atoms with Crippen LogP contribution in [0.3, 0.4) is 0 Å². The van der Waals surface area contributed by atoms with Gasteiger partial charge in [-0.05, 0) is 77.9 Å². The molecule has 2 N–H and O–H groups in total. The van der Waals surface area contributed by atoms with Gasteiger partial charge >= 0.3 is 0 Å². The molecule has 0 spiro atoms. The standard InChI is InChI=1S/C30H23N5O6S2/c1-17-11-23(15-24(18(17)2)34(38)39)32-30-33-29(37)27(43-30)13-19-7-10-26(25(12-19)35(40)41)42-16-28(36)31-22-9-8-20-5-3-4-6-21(20)14-22/h3-15H,16H2,1-2H3,(H,31,36)(H,32,33,37)/b27-13-. The summed E-state index contributed by atoms with van der Waals surface area (Å²) in [6, 6.07) is 20.9. The first-order valence-corrected chi connectivity index (χ1v) is 14.6. The Morgan fingerprint density at radius 1 is 0.977 bits per heavy atom. The van der Waals surface area contributed by atoms with E-state index in [0.29, 0.717) is 33.0 Å². The summed E-state index contributed by atoms with van der Waals surface area (Å²) in [6.07, 6.45) is 1.50. The number of hydrogen-bond acceptors (Lipinski definition) is 9. The highest BCUT2D eigenvalue weighted by atomic mass is 32.2. The van der Waals surface area contributed by atoms with E-state index < -0.39 is 15.8 Å². The van der Waals surface area contributed by atoms with Crippen molar-refractivity contribution in [2.75, 3.05) is 11.1 Å². The van der Waals surface area contributed by atoms with Gasteiger partial charge in [-0.15, -0.1) is 11.8 Å². The molecule has 0 aromatic heterocycles. The molecular formula is C30H23N5O6S2. The molecule has 0 atom stereocenters. The van der Waals surface area contributed by atoms with Crippen LogP contribution in [0.5, 0.6) is 0 Å². The highest BCUT2D eigenvalue weighted by Crippen LogP contribution is 2.34. The molecule has 0 aliphatic carbocycles. The zero-order valence-corrected chi connectivity index (χ0v) is 24.5. The normalized spacial score (nSPS) is 14.7. The van der Waals surface area contributed by atoms with Crippen LogP contribution in [0.1, 0.15) is 16.7 Å². The van der Waals surface area contributed by atoms with Crippen LogP contribution in [0.4, 0.5) is 22.7 Å². The summed E-state index contributed by atoms with van der Waals surface area (Å²) in [5, 5.41) is 30.9. The number of rotatable bonds is 8. The number of amidine groups is 1. The van der Waals surface area contributed by atoms with E-state index in [1.807, 2.05) is 36.4 Å². The highest BCUT2D eigenvalue weighted by Gasteiger charge is 2.25. The Kier molecular flexibility index (Phi) is 8.55. The van der Waals surface area contributed by atoms with Crippen LogP contribution in [0.2, 0.25) is 0 Å². The fourth-order valence-corrected chi connectivity index (χ4v) is 5.97. The van der Waals surface area contributed by atoms with Gasteiger partial charge < -0.3 is 10.6 Å². The average Bonchev–Trinajstić information content (AvgIpc) is 3.31. The molecule has 0 bridgehead atoms. The number of benzene rings is 4. The molecular weight excluding hydrogens is 590 g/mol. The van der Waals surface area contributed by atoms with Crippen molar-refractivity contribution in [1.82, 2.24) is 5.32 Å². The first-order chi connectivity index (χ1) is 20.6. The smallest absolute Gasteiger partial charge is 0.283 e. The maximum absolute atomic E-state index is 12.6. The maximum atomic E-state index is 12.6. The second kappa shape index (κ2) is 12.5. The molecule has 11 nitrogen and oxygen atoms in total. The number of nitro groups is 2. The molecule has 1 aliphatic rings. The van der Waals surface area contributed by atoms with Gasteiger partial charge in [-0.2, -0.15) is 0 Å². The largest absolute Gasteiger partial charge is 0.325 e. The van der Waals surface area contributed by atoms with Gasteiger partial charge in [0, 0.05) is 23.4 Å². The molecule has 4 aromatic carbocycles. The summed E-state index contributed by atoms with van der Waals surface area (Å²) < 4.78 is 0. The van der Waals surface area contributed by atoms with Gasteiger partial charge in [0.1, 0.15) is 0 Å². The number of carbonyl (C=O) groups is 2. The number of hydrogen-bond donors (Lipinski definition) is 2. The Balaban J connectivity index is 1.28. The van der Waals surface area contributed by atoms with Gasteiger partial charge in [-0.3, -0.25) is 29.8 Å². The molecule has 13 heteroatoms. The average molecular weight is 614 g/mol. The molecule has 1 aliphatic heterocycles. The molecule has 2 amide bonds. The number of thioether (sulfide) groups is 2. The van der Waals surface area contributed by atoms with Crippen molar-refractivity contribution < 1.29 is 19.4 Å². The number of nitrogens with zero attached hydrogens (tertiary/aromatic N) is 3. The van der Waals surface area contributed by atoms with Crippen molar-refractivity contribution in [3.05, 3.63) is 115 Å². The zero-order chi connectivity index (χ0) is 30.7. The summed E-state index contributed by atoms with van der Waals surface area (Å²) >= 11 is 2.06. The summed E-state index contributed by atoms with van der Waals surface area (Å²) in [4.78, 5) is 52.3. The minimum Gasteiger partial charge on any atom is -0.325 e. The van der Waals surface area contributed by atoms with Crippen LogP contribution in [-0.2, 0) is 9.59 Å². The van der Waals surface area contributed by atoms with Crippen LogP contribution in [0.15, 0.2) is 87.6 Å². The van der Waals surface area contributed by atoms with Gasteiger partial charge in [-0.25, -0.2) is 4.99 Å². The van der Waals surface area contributed by atoms with Crippen LogP contribution in [-0.4, -0.2) is 32.6 Å². The lowest BCUT2D eigenvalue weighted by Crippen LogP contribution is -2.19. The van der Waals surface area contributed by atoms with Crippen molar-refractivity contribution in [2.24, 2.45) is 4.99 Å². The number of fused-ring (bicyclic) bond motifs is 1. The second-order valence-electron chi connectivity index (χ2n) is 9.53. The Hall–Kier alpha value is -5.01. The Morgan fingerprint density at radius 3 is 2.47 bits per heavy atom. The predicted molar refractivity (Wildman–Crippen MR) is 170 cm³/mol. The molecule has 43 heavy (non-hydrogen) atoms. The van der Waals surface area contributed by atoms with Crippen molar-refractivity contribution in [1.29, 1.82) is 0 Å². The molecule has 5 rings (SSSR count). The number of nitro benzene ring substituents is 2. The summed E-state index contributed by atoms with van der Waals surface area (Å²) in [6.45, 7) is 3.39. The van der Waals surface area contributed by atoms with E-state index in [4.69, 9.17) is 0 Å². The van der Waals surface area contributed by atoms with E-state index in [1.165, 1.54) is 18.2 Å². The topological polar surface area (TPSA) is 157 Å². The van der Waals surface area contributed by atoms with Crippen molar-refractivity contribution in [3.63, 3.8) is 0 Å². The third-order valence-electron chi connectivity index (χ3n) is 6.57. The molecule has 4 aromatic rings. The van der Waals surface area contributed by atoms with Crippen LogP contribution in [0.25, 0.3) is 16.8 Å². The van der Waals surface area contributed by atoms with E-state index in [0.717, 1.165) is 34.3 Å². The summed E-state index contributed by atoms with van der Waals surface area (Å²) in [5.74, 6) is -0.794. The Morgan fingerprint density at radius 2 is 1.72 bits per heavy atom. The van der Waals surface area contributed by atoms with Crippen LogP contribution in [0, 0.1) is 34.1 Å². The van der Waals surface area contributed by atoms with Gasteiger partial charge in [0.15, 0.2) is 5.17 Å². The Labute approximate surface area is 253 Å².